The molecule has 1 aromatic heterocycles. The first kappa shape index (κ1) is 11.5. The van der Waals surface area contributed by atoms with Crippen LogP contribution in [0, 0.1) is 0 Å². The minimum atomic E-state index is 0.0425. The van der Waals surface area contributed by atoms with E-state index in [1.807, 2.05) is 55.7 Å². The maximum absolute atomic E-state index is 11.8. The van der Waals surface area contributed by atoms with E-state index in [0.717, 1.165) is 11.1 Å². The first-order valence-electron chi connectivity index (χ1n) is 5.71. The smallest absolute Gasteiger partial charge is 0.224 e. The van der Waals surface area contributed by atoms with Crippen LogP contribution in [0.5, 0.6) is 0 Å². The normalized spacial score (nSPS) is 12.1. The van der Waals surface area contributed by atoms with Crippen LogP contribution in [0.15, 0.2) is 48.8 Å². The van der Waals surface area contributed by atoms with Gasteiger partial charge in [-0.1, -0.05) is 30.3 Å². The van der Waals surface area contributed by atoms with Crippen molar-refractivity contribution in [1.29, 1.82) is 0 Å². The molecule has 2 aromatic rings. The van der Waals surface area contributed by atoms with E-state index in [2.05, 4.69) is 10.3 Å². The lowest BCUT2D eigenvalue weighted by Gasteiger charge is -2.13. The van der Waals surface area contributed by atoms with Crippen LogP contribution in [0.1, 0.15) is 24.1 Å². The van der Waals surface area contributed by atoms with E-state index in [9.17, 15) is 4.79 Å². The lowest BCUT2D eigenvalue weighted by molar-refractivity contribution is -0.121. The van der Waals surface area contributed by atoms with Gasteiger partial charge in [-0.15, -0.1) is 0 Å². The molecule has 0 aliphatic rings. The summed E-state index contributed by atoms with van der Waals surface area (Å²) in [5.74, 6) is 0.0425. The molecule has 0 aliphatic heterocycles. The molecule has 0 spiro atoms. The summed E-state index contributed by atoms with van der Waals surface area (Å²) < 4.78 is 0. The Bertz CT molecular complexity index is 462. The topological polar surface area (TPSA) is 44.9 Å². The summed E-state index contributed by atoms with van der Waals surface area (Å²) in [5, 5.41) is 2.98. The van der Waals surface area contributed by atoms with Gasteiger partial charge in [0, 0.05) is 12.4 Å². The SMILES string of the molecule is CC(NC(=O)Cc1cc[nH]c1)c1ccccc1. The van der Waals surface area contributed by atoms with Crippen LogP contribution < -0.4 is 5.32 Å². The molecule has 17 heavy (non-hydrogen) atoms. The molecule has 3 nitrogen and oxygen atoms in total. The molecule has 0 saturated heterocycles. The fourth-order valence-corrected chi connectivity index (χ4v) is 1.77. The zero-order valence-electron chi connectivity index (χ0n) is 9.81. The molecule has 0 saturated carbocycles. The van der Waals surface area contributed by atoms with Crippen LogP contribution in [0.4, 0.5) is 0 Å². The zero-order valence-corrected chi connectivity index (χ0v) is 9.81. The molecule has 0 radical (unpaired) electrons. The number of H-pyrrole nitrogens is 1. The second-order valence-corrected chi connectivity index (χ2v) is 4.10. The van der Waals surface area contributed by atoms with Crippen molar-refractivity contribution in [2.75, 3.05) is 0 Å². The predicted octanol–water partition coefficient (Wildman–Crippen LogP) is 2.43. The highest BCUT2D eigenvalue weighted by Gasteiger charge is 2.09. The van der Waals surface area contributed by atoms with Gasteiger partial charge in [-0.3, -0.25) is 4.79 Å². The van der Waals surface area contributed by atoms with Crippen LogP contribution in [-0.2, 0) is 11.2 Å². The average molecular weight is 228 g/mol. The van der Waals surface area contributed by atoms with E-state index in [-0.39, 0.29) is 11.9 Å². The number of hydrogen-bond donors (Lipinski definition) is 2. The van der Waals surface area contributed by atoms with Crippen molar-refractivity contribution in [3.8, 4) is 0 Å². The molecule has 2 rings (SSSR count). The minimum Gasteiger partial charge on any atom is -0.367 e. The maximum Gasteiger partial charge on any atom is 0.224 e. The Kier molecular flexibility index (Phi) is 3.60. The van der Waals surface area contributed by atoms with Crippen molar-refractivity contribution in [2.24, 2.45) is 0 Å². The first-order chi connectivity index (χ1) is 8.25. The summed E-state index contributed by atoms with van der Waals surface area (Å²) in [6.07, 6.45) is 4.08. The fraction of sp³-hybridized carbons (Fsp3) is 0.214. The Morgan fingerprint density at radius 2 is 2.06 bits per heavy atom. The van der Waals surface area contributed by atoms with Gasteiger partial charge in [0.05, 0.1) is 12.5 Å². The third-order valence-corrected chi connectivity index (χ3v) is 2.70. The summed E-state index contributed by atoms with van der Waals surface area (Å²) in [6, 6.07) is 11.9. The summed E-state index contributed by atoms with van der Waals surface area (Å²) in [4.78, 5) is 14.7. The lowest BCUT2D eigenvalue weighted by atomic mass is 10.1. The fourth-order valence-electron chi connectivity index (χ4n) is 1.77. The molecule has 3 heteroatoms. The van der Waals surface area contributed by atoms with Crippen molar-refractivity contribution in [1.82, 2.24) is 10.3 Å². The predicted molar refractivity (Wildman–Crippen MR) is 67.5 cm³/mol. The van der Waals surface area contributed by atoms with E-state index in [1.165, 1.54) is 0 Å². The third-order valence-electron chi connectivity index (χ3n) is 2.70. The van der Waals surface area contributed by atoms with E-state index in [1.54, 1.807) is 0 Å². The molecule has 1 atom stereocenters. The number of nitrogens with one attached hydrogen (secondary N) is 2. The molecule has 88 valence electrons. The van der Waals surface area contributed by atoms with Gasteiger partial charge in [-0.2, -0.15) is 0 Å². The Morgan fingerprint density at radius 3 is 2.71 bits per heavy atom. The van der Waals surface area contributed by atoms with Crippen LogP contribution in [0.3, 0.4) is 0 Å². The van der Waals surface area contributed by atoms with Crippen molar-refractivity contribution < 1.29 is 4.79 Å². The number of amides is 1. The van der Waals surface area contributed by atoms with Gasteiger partial charge in [-0.25, -0.2) is 0 Å². The molecule has 1 unspecified atom stereocenters. The standard InChI is InChI=1S/C14H16N2O/c1-11(13-5-3-2-4-6-13)16-14(17)9-12-7-8-15-10-12/h2-8,10-11,15H,9H2,1H3,(H,16,17). The number of benzene rings is 1. The van der Waals surface area contributed by atoms with Gasteiger partial charge >= 0.3 is 0 Å². The highest BCUT2D eigenvalue weighted by Crippen LogP contribution is 2.11. The number of rotatable bonds is 4. The van der Waals surface area contributed by atoms with Gasteiger partial charge in [0.1, 0.15) is 0 Å². The highest BCUT2D eigenvalue weighted by atomic mass is 16.1. The number of aromatic amines is 1. The number of aromatic nitrogens is 1. The number of carbonyl (C=O) groups excluding carboxylic acids is 1. The number of carbonyl (C=O) groups is 1. The summed E-state index contributed by atoms with van der Waals surface area (Å²) in [7, 11) is 0. The van der Waals surface area contributed by atoms with Gasteiger partial charge < -0.3 is 10.3 Å². The van der Waals surface area contributed by atoms with Gasteiger partial charge in [-0.05, 0) is 24.1 Å². The lowest BCUT2D eigenvalue weighted by Crippen LogP contribution is -2.27. The largest absolute Gasteiger partial charge is 0.367 e. The van der Waals surface area contributed by atoms with Crippen molar-refractivity contribution >= 4 is 5.91 Å². The summed E-state index contributed by atoms with van der Waals surface area (Å²) >= 11 is 0. The summed E-state index contributed by atoms with van der Waals surface area (Å²) in [5.41, 5.74) is 2.12. The van der Waals surface area contributed by atoms with Crippen LogP contribution in [0.25, 0.3) is 0 Å². The van der Waals surface area contributed by atoms with Gasteiger partial charge in [0.15, 0.2) is 0 Å². The number of hydrogen-bond acceptors (Lipinski definition) is 1. The third kappa shape index (κ3) is 3.21. The second-order valence-electron chi connectivity index (χ2n) is 4.10. The Labute approximate surface area is 101 Å². The van der Waals surface area contributed by atoms with Crippen LogP contribution >= 0.6 is 0 Å². The molecule has 0 aliphatic carbocycles. The quantitative estimate of drug-likeness (QED) is 0.829. The molecule has 0 bridgehead atoms. The zero-order chi connectivity index (χ0) is 12.1. The molecule has 1 heterocycles. The first-order valence-corrected chi connectivity index (χ1v) is 5.71. The second kappa shape index (κ2) is 5.34. The molecule has 2 N–H and O–H groups in total. The van der Waals surface area contributed by atoms with Crippen molar-refractivity contribution in [3.63, 3.8) is 0 Å². The Morgan fingerprint density at radius 1 is 1.29 bits per heavy atom. The van der Waals surface area contributed by atoms with Crippen LogP contribution in [-0.4, -0.2) is 10.9 Å². The highest BCUT2D eigenvalue weighted by molar-refractivity contribution is 5.78. The molecular weight excluding hydrogens is 212 g/mol. The van der Waals surface area contributed by atoms with E-state index in [4.69, 9.17) is 0 Å². The minimum absolute atomic E-state index is 0.0425. The van der Waals surface area contributed by atoms with Crippen molar-refractivity contribution in [2.45, 2.75) is 19.4 Å². The molecule has 0 fully saturated rings. The van der Waals surface area contributed by atoms with Crippen molar-refractivity contribution in [3.05, 3.63) is 59.9 Å². The van der Waals surface area contributed by atoms with E-state index < -0.39 is 0 Å². The van der Waals surface area contributed by atoms with Gasteiger partial charge in [0.2, 0.25) is 5.91 Å². The Balaban J connectivity index is 1.91. The molecule has 1 aromatic carbocycles. The maximum atomic E-state index is 11.8. The monoisotopic (exact) mass is 228 g/mol. The van der Waals surface area contributed by atoms with Crippen LogP contribution in [0.2, 0.25) is 0 Å². The van der Waals surface area contributed by atoms with Gasteiger partial charge in [0.25, 0.3) is 0 Å². The van der Waals surface area contributed by atoms with E-state index in [0.29, 0.717) is 6.42 Å². The summed E-state index contributed by atoms with van der Waals surface area (Å²) in [6.45, 7) is 1.99. The van der Waals surface area contributed by atoms with E-state index >= 15 is 0 Å². The average Bonchev–Trinajstić information content (AvgIpc) is 2.82. The molecule has 1 amide bonds. The Hall–Kier alpha value is -2.03. The molecular formula is C14H16N2O.